The van der Waals surface area contributed by atoms with Gasteiger partial charge in [-0.05, 0) is 30.9 Å². The summed E-state index contributed by atoms with van der Waals surface area (Å²) in [5.74, 6) is 1.01. The van der Waals surface area contributed by atoms with Gasteiger partial charge in [0.05, 0.1) is 11.9 Å². The summed E-state index contributed by atoms with van der Waals surface area (Å²) in [5, 5.41) is 11.9. The van der Waals surface area contributed by atoms with E-state index in [2.05, 4.69) is 10.3 Å². The molecule has 3 heteroatoms. The number of pyridine rings is 1. The molecule has 1 aromatic rings. The Morgan fingerprint density at radius 3 is 2.93 bits per heavy atom. The molecule has 1 aliphatic carbocycles. The van der Waals surface area contributed by atoms with E-state index in [0.29, 0.717) is 5.69 Å². The van der Waals surface area contributed by atoms with Crippen molar-refractivity contribution < 1.29 is 0 Å². The van der Waals surface area contributed by atoms with Gasteiger partial charge in [-0.1, -0.05) is 12.8 Å². The van der Waals surface area contributed by atoms with Crippen LogP contribution in [0.1, 0.15) is 31.4 Å². The highest BCUT2D eigenvalue weighted by molar-refractivity contribution is 5.42. The molecule has 0 aliphatic heterocycles. The van der Waals surface area contributed by atoms with Crippen LogP contribution in [0.25, 0.3) is 0 Å². The molecule has 1 aliphatic rings. The molecule has 0 aromatic carbocycles. The fourth-order valence-electron chi connectivity index (χ4n) is 1.59. The molecule has 1 N–H and O–H groups in total. The standard InChI is InChI=1S/C12H15N3/c13-8-11-5-6-12(9-15-11)14-7-1-2-10-3-4-10/h5-6,9-10,14H,1-4,7H2. The molecule has 1 fully saturated rings. The number of nitrogens with zero attached hydrogens (tertiary/aromatic N) is 2. The lowest BCUT2D eigenvalue weighted by Crippen LogP contribution is -2.02. The van der Waals surface area contributed by atoms with Gasteiger partial charge in [0, 0.05) is 6.54 Å². The number of nitrogens with one attached hydrogen (secondary N) is 1. The molecule has 78 valence electrons. The number of hydrogen-bond donors (Lipinski definition) is 1. The van der Waals surface area contributed by atoms with Crippen molar-refractivity contribution in [1.29, 1.82) is 5.26 Å². The van der Waals surface area contributed by atoms with E-state index in [1.54, 1.807) is 12.3 Å². The van der Waals surface area contributed by atoms with E-state index in [1.807, 2.05) is 12.1 Å². The molecular weight excluding hydrogens is 186 g/mol. The first-order valence-corrected chi connectivity index (χ1v) is 5.48. The van der Waals surface area contributed by atoms with E-state index < -0.39 is 0 Å². The van der Waals surface area contributed by atoms with Gasteiger partial charge in [0.1, 0.15) is 11.8 Å². The van der Waals surface area contributed by atoms with Crippen LogP contribution in [0, 0.1) is 17.2 Å². The number of nitriles is 1. The second-order valence-electron chi connectivity index (χ2n) is 4.06. The average molecular weight is 201 g/mol. The maximum absolute atomic E-state index is 8.58. The summed E-state index contributed by atoms with van der Waals surface area (Å²) in [6.45, 7) is 1.00. The molecule has 0 saturated heterocycles. The quantitative estimate of drug-likeness (QED) is 0.745. The lowest BCUT2D eigenvalue weighted by atomic mass is 10.2. The van der Waals surface area contributed by atoms with Gasteiger partial charge in [-0.3, -0.25) is 0 Å². The van der Waals surface area contributed by atoms with Gasteiger partial charge in [-0.15, -0.1) is 0 Å². The molecule has 0 bridgehead atoms. The SMILES string of the molecule is N#Cc1ccc(NCCCC2CC2)cn1. The van der Waals surface area contributed by atoms with Crippen molar-refractivity contribution in [2.45, 2.75) is 25.7 Å². The summed E-state index contributed by atoms with van der Waals surface area (Å²) >= 11 is 0. The first kappa shape index (κ1) is 9.97. The number of hydrogen-bond acceptors (Lipinski definition) is 3. The van der Waals surface area contributed by atoms with Crippen molar-refractivity contribution >= 4 is 5.69 Å². The Bertz CT molecular complexity index is 346. The molecule has 1 saturated carbocycles. The third kappa shape index (κ3) is 3.25. The van der Waals surface area contributed by atoms with Gasteiger partial charge in [0.2, 0.25) is 0 Å². The molecule has 2 rings (SSSR count). The van der Waals surface area contributed by atoms with Crippen LogP contribution in [0.3, 0.4) is 0 Å². The Hall–Kier alpha value is -1.56. The maximum atomic E-state index is 8.58. The summed E-state index contributed by atoms with van der Waals surface area (Å²) in [6.07, 6.45) is 7.15. The second-order valence-corrected chi connectivity index (χ2v) is 4.06. The smallest absolute Gasteiger partial charge is 0.140 e. The lowest BCUT2D eigenvalue weighted by molar-refractivity contribution is 0.687. The first-order chi connectivity index (χ1) is 7.38. The van der Waals surface area contributed by atoms with Crippen molar-refractivity contribution in [2.75, 3.05) is 11.9 Å². The highest BCUT2D eigenvalue weighted by Crippen LogP contribution is 2.33. The number of aromatic nitrogens is 1. The van der Waals surface area contributed by atoms with Gasteiger partial charge < -0.3 is 5.32 Å². The molecular formula is C12H15N3. The zero-order valence-electron chi connectivity index (χ0n) is 8.74. The molecule has 1 aromatic heterocycles. The van der Waals surface area contributed by atoms with Crippen LogP contribution in [0.2, 0.25) is 0 Å². The minimum atomic E-state index is 0.471. The third-order valence-corrected chi connectivity index (χ3v) is 2.69. The highest BCUT2D eigenvalue weighted by Gasteiger charge is 2.19. The van der Waals surface area contributed by atoms with Crippen molar-refractivity contribution in [2.24, 2.45) is 5.92 Å². The Morgan fingerprint density at radius 1 is 1.47 bits per heavy atom. The normalized spacial score (nSPS) is 14.6. The monoisotopic (exact) mass is 201 g/mol. The van der Waals surface area contributed by atoms with Crippen LogP contribution in [0.4, 0.5) is 5.69 Å². The van der Waals surface area contributed by atoms with E-state index in [9.17, 15) is 0 Å². The van der Waals surface area contributed by atoms with Crippen LogP contribution >= 0.6 is 0 Å². The third-order valence-electron chi connectivity index (χ3n) is 2.69. The summed E-state index contributed by atoms with van der Waals surface area (Å²) in [6, 6.07) is 5.65. The number of rotatable bonds is 5. The van der Waals surface area contributed by atoms with Crippen LogP contribution in [-0.2, 0) is 0 Å². The summed E-state index contributed by atoms with van der Waals surface area (Å²) in [5.41, 5.74) is 1.48. The van der Waals surface area contributed by atoms with E-state index in [-0.39, 0.29) is 0 Å². The van der Waals surface area contributed by atoms with Gasteiger partial charge >= 0.3 is 0 Å². The summed E-state index contributed by atoms with van der Waals surface area (Å²) in [7, 11) is 0. The van der Waals surface area contributed by atoms with E-state index >= 15 is 0 Å². The van der Waals surface area contributed by atoms with Crippen molar-refractivity contribution in [1.82, 2.24) is 4.98 Å². The molecule has 0 radical (unpaired) electrons. The van der Waals surface area contributed by atoms with E-state index in [0.717, 1.165) is 18.2 Å². The Labute approximate surface area is 90.1 Å². The van der Waals surface area contributed by atoms with Crippen molar-refractivity contribution in [3.63, 3.8) is 0 Å². The minimum absolute atomic E-state index is 0.471. The van der Waals surface area contributed by atoms with Gasteiger partial charge in [-0.25, -0.2) is 4.98 Å². The number of anilines is 1. The van der Waals surface area contributed by atoms with E-state index in [4.69, 9.17) is 5.26 Å². The molecule has 0 spiro atoms. The molecule has 1 heterocycles. The zero-order chi connectivity index (χ0) is 10.5. The van der Waals surface area contributed by atoms with Crippen LogP contribution < -0.4 is 5.32 Å². The van der Waals surface area contributed by atoms with Crippen molar-refractivity contribution in [3.05, 3.63) is 24.0 Å². The molecule has 0 atom stereocenters. The van der Waals surface area contributed by atoms with E-state index in [1.165, 1.54) is 25.7 Å². The van der Waals surface area contributed by atoms with Gasteiger partial charge in [-0.2, -0.15) is 5.26 Å². The Kier molecular flexibility index (Phi) is 3.18. The molecule has 0 amide bonds. The minimum Gasteiger partial charge on any atom is -0.384 e. The predicted molar refractivity (Wildman–Crippen MR) is 59.4 cm³/mol. The van der Waals surface area contributed by atoms with Crippen LogP contribution in [0.15, 0.2) is 18.3 Å². The Balaban J connectivity index is 1.70. The summed E-state index contributed by atoms with van der Waals surface area (Å²) in [4.78, 5) is 4.00. The lowest BCUT2D eigenvalue weighted by Gasteiger charge is -2.04. The topological polar surface area (TPSA) is 48.7 Å². The van der Waals surface area contributed by atoms with Crippen molar-refractivity contribution in [3.8, 4) is 6.07 Å². The summed E-state index contributed by atoms with van der Waals surface area (Å²) < 4.78 is 0. The molecule has 3 nitrogen and oxygen atoms in total. The van der Waals surface area contributed by atoms with Crippen LogP contribution in [0.5, 0.6) is 0 Å². The first-order valence-electron chi connectivity index (χ1n) is 5.48. The highest BCUT2D eigenvalue weighted by atomic mass is 14.9. The fourth-order valence-corrected chi connectivity index (χ4v) is 1.59. The Morgan fingerprint density at radius 2 is 2.33 bits per heavy atom. The van der Waals surface area contributed by atoms with Gasteiger partial charge in [0.25, 0.3) is 0 Å². The largest absolute Gasteiger partial charge is 0.384 e. The predicted octanol–water partition coefficient (Wildman–Crippen LogP) is 2.56. The average Bonchev–Trinajstić information content (AvgIpc) is 3.09. The fraction of sp³-hybridized carbons (Fsp3) is 0.500. The second kappa shape index (κ2) is 4.79. The van der Waals surface area contributed by atoms with Gasteiger partial charge in [0.15, 0.2) is 0 Å². The molecule has 0 unspecified atom stereocenters. The molecule has 15 heavy (non-hydrogen) atoms. The van der Waals surface area contributed by atoms with Crippen LogP contribution in [-0.4, -0.2) is 11.5 Å². The maximum Gasteiger partial charge on any atom is 0.140 e. The zero-order valence-corrected chi connectivity index (χ0v) is 8.74.